The van der Waals surface area contributed by atoms with Crippen LogP contribution >= 0.6 is 0 Å². The number of hydrogen-bond acceptors (Lipinski definition) is 3. The van der Waals surface area contributed by atoms with Gasteiger partial charge in [-0.15, -0.1) is 0 Å². The largest absolute Gasteiger partial charge is 0.355 e. The van der Waals surface area contributed by atoms with E-state index in [1.165, 1.54) is 10.8 Å². The molecule has 0 saturated heterocycles. The lowest BCUT2D eigenvalue weighted by molar-refractivity contribution is 1.26. The Labute approximate surface area is 112 Å². The summed E-state index contributed by atoms with van der Waals surface area (Å²) in [6.45, 7) is 0. The predicted octanol–water partition coefficient (Wildman–Crippen LogP) is 3.40. The Balaban J connectivity index is 0.000000637. The first-order valence-electron chi connectivity index (χ1n) is 6.07. The lowest BCUT2D eigenvalue weighted by atomic mass is 10.1. The molecule has 0 unspecified atom stereocenters. The highest BCUT2D eigenvalue weighted by Gasteiger charge is 1.99. The summed E-state index contributed by atoms with van der Waals surface area (Å²) in [5.41, 5.74) is 2.26. The maximum absolute atomic E-state index is 4.00. The molecule has 0 aliphatic rings. The molecule has 0 aliphatic carbocycles. The fraction of sp³-hybridized carbons (Fsp3) is 0. The summed E-state index contributed by atoms with van der Waals surface area (Å²) >= 11 is 0. The molecule has 0 atom stereocenters. The molecule has 0 spiro atoms. The molecule has 0 amide bonds. The fourth-order valence-electron chi connectivity index (χ4n) is 2.01. The van der Waals surface area contributed by atoms with Crippen molar-refractivity contribution in [3.8, 4) is 0 Å². The zero-order valence-electron chi connectivity index (χ0n) is 10.6. The predicted molar refractivity (Wildman–Crippen MR) is 82.0 cm³/mol. The molecule has 0 bridgehead atoms. The second kappa shape index (κ2) is 6.54. The second-order valence-electron chi connectivity index (χ2n) is 4.02. The van der Waals surface area contributed by atoms with Gasteiger partial charge in [0.2, 0.25) is 0 Å². The summed E-state index contributed by atoms with van der Waals surface area (Å²) in [4.78, 5) is 0. The van der Waals surface area contributed by atoms with E-state index in [9.17, 15) is 0 Å². The number of fused-ring (bicyclic) bond motifs is 1. The molecule has 19 heavy (non-hydrogen) atoms. The maximum Gasteiger partial charge on any atom is 0.0463 e. The standard InChI is InChI=1S/C16H13N.H4N2/c1-2-9-14(10-3-1)17-16-12-6-8-13-7-4-5-11-15(13)16;1-2/h1-12,17H;1-2H2. The molecule has 3 heteroatoms. The topological polar surface area (TPSA) is 64.1 Å². The molecule has 0 aliphatic heterocycles. The van der Waals surface area contributed by atoms with Crippen molar-refractivity contribution in [1.29, 1.82) is 0 Å². The van der Waals surface area contributed by atoms with Crippen LogP contribution < -0.4 is 17.0 Å². The molecule has 0 heterocycles. The average molecular weight is 251 g/mol. The van der Waals surface area contributed by atoms with Gasteiger partial charge in [-0.2, -0.15) is 0 Å². The van der Waals surface area contributed by atoms with E-state index in [-0.39, 0.29) is 0 Å². The van der Waals surface area contributed by atoms with Crippen molar-refractivity contribution in [1.82, 2.24) is 0 Å². The zero-order valence-corrected chi connectivity index (χ0v) is 10.6. The fourth-order valence-corrected chi connectivity index (χ4v) is 2.01. The summed E-state index contributed by atoms with van der Waals surface area (Å²) in [7, 11) is 0. The van der Waals surface area contributed by atoms with Crippen molar-refractivity contribution in [2.24, 2.45) is 11.7 Å². The van der Waals surface area contributed by atoms with E-state index in [0.29, 0.717) is 0 Å². The molecule has 0 saturated carbocycles. The summed E-state index contributed by atoms with van der Waals surface area (Å²) in [5, 5.41) is 5.95. The van der Waals surface area contributed by atoms with Crippen molar-refractivity contribution in [3.63, 3.8) is 0 Å². The van der Waals surface area contributed by atoms with Crippen molar-refractivity contribution >= 4 is 22.1 Å². The highest BCUT2D eigenvalue weighted by molar-refractivity contribution is 5.95. The second-order valence-corrected chi connectivity index (χ2v) is 4.02. The molecule has 3 nitrogen and oxygen atoms in total. The number of hydrazine groups is 1. The minimum absolute atomic E-state index is 1.11. The number of nitrogens with two attached hydrogens (primary N) is 2. The molecule has 3 aromatic carbocycles. The van der Waals surface area contributed by atoms with Gasteiger partial charge >= 0.3 is 0 Å². The first-order valence-corrected chi connectivity index (χ1v) is 6.07. The van der Waals surface area contributed by atoms with Crippen LogP contribution in [0.1, 0.15) is 0 Å². The molecule has 3 aromatic rings. The first kappa shape index (κ1) is 13.1. The monoisotopic (exact) mass is 251 g/mol. The molecular weight excluding hydrogens is 234 g/mol. The SMILES string of the molecule is NN.c1ccc(Nc2cccc3ccccc23)cc1. The van der Waals surface area contributed by atoms with Crippen molar-refractivity contribution in [2.45, 2.75) is 0 Å². The average Bonchev–Trinajstić information content (AvgIpc) is 2.51. The van der Waals surface area contributed by atoms with Crippen LogP contribution in [0.3, 0.4) is 0 Å². The lowest BCUT2D eigenvalue weighted by Gasteiger charge is -2.09. The number of anilines is 2. The van der Waals surface area contributed by atoms with E-state index in [1.54, 1.807) is 0 Å². The zero-order chi connectivity index (χ0) is 13.5. The molecule has 0 fully saturated rings. The van der Waals surface area contributed by atoms with Gasteiger partial charge in [0.05, 0.1) is 0 Å². The van der Waals surface area contributed by atoms with E-state index in [4.69, 9.17) is 0 Å². The smallest absolute Gasteiger partial charge is 0.0463 e. The molecule has 5 N–H and O–H groups in total. The van der Waals surface area contributed by atoms with Gasteiger partial charge in [0, 0.05) is 16.8 Å². The first-order chi connectivity index (χ1) is 9.43. The van der Waals surface area contributed by atoms with Crippen LogP contribution in [0.2, 0.25) is 0 Å². The van der Waals surface area contributed by atoms with Gasteiger partial charge in [-0.25, -0.2) is 0 Å². The van der Waals surface area contributed by atoms with Crippen LogP contribution in [0, 0.1) is 0 Å². The third-order valence-corrected chi connectivity index (χ3v) is 2.84. The van der Waals surface area contributed by atoms with Crippen molar-refractivity contribution in [2.75, 3.05) is 5.32 Å². The number of hydrogen-bond donors (Lipinski definition) is 3. The molecule has 0 radical (unpaired) electrons. The minimum Gasteiger partial charge on any atom is -0.355 e. The van der Waals surface area contributed by atoms with E-state index < -0.39 is 0 Å². The lowest BCUT2D eigenvalue weighted by Crippen LogP contribution is -2.02. The van der Waals surface area contributed by atoms with Gasteiger partial charge in [-0.05, 0) is 23.6 Å². The summed E-state index contributed by atoms with van der Waals surface area (Å²) in [6.07, 6.45) is 0. The number of rotatable bonds is 2. The third-order valence-electron chi connectivity index (χ3n) is 2.84. The summed E-state index contributed by atoms with van der Waals surface area (Å²) in [6, 6.07) is 25.0. The van der Waals surface area contributed by atoms with Gasteiger partial charge in [0.25, 0.3) is 0 Å². The highest BCUT2D eigenvalue weighted by Crippen LogP contribution is 2.25. The van der Waals surface area contributed by atoms with Crippen LogP contribution in [-0.4, -0.2) is 0 Å². The van der Waals surface area contributed by atoms with Crippen LogP contribution in [0.15, 0.2) is 72.8 Å². The maximum atomic E-state index is 4.00. The van der Waals surface area contributed by atoms with Crippen LogP contribution in [0.25, 0.3) is 10.8 Å². The minimum atomic E-state index is 1.11. The van der Waals surface area contributed by atoms with Gasteiger partial charge in [0.1, 0.15) is 0 Å². The third kappa shape index (κ3) is 3.10. The normalized spacial score (nSPS) is 9.58. The van der Waals surface area contributed by atoms with E-state index >= 15 is 0 Å². The van der Waals surface area contributed by atoms with Gasteiger partial charge < -0.3 is 5.32 Å². The van der Waals surface area contributed by atoms with Gasteiger partial charge in [-0.1, -0.05) is 54.6 Å². The van der Waals surface area contributed by atoms with Crippen molar-refractivity contribution < 1.29 is 0 Å². The van der Waals surface area contributed by atoms with E-state index in [2.05, 4.69) is 71.6 Å². The quantitative estimate of drug-likeness (QED) is 0.483. The van der Waals surface area contributed by atoms with Crippen LogP contribution in [0.4, 0.5) is 11.4 Å². The van der Waals surface area contributed by atoms with Crippen LogP contribution in [0.5, 0.6) is 0 Å². The number of benzene rings is 3. The summed E-state index contributed by atoms with van der Waals surface area (Å²) in [5.74, 6) is 8.00. The molecule has 96 valence electrons. The van der Waals surface area contributed by atoms with Crippen molar-refractivity contribution in [3.05, 3.63) is 72.8 Å². The molecule has 0 aromatic heterocycles. The summed E-state index contributed by atoms with van der Waals surface area (Å²) < 4.78 is 0. The van der Waals surface area contributed by atoms with E-state index in [1.807, 2.05) is 18.2 Å². The number of para-hydroxylation sites is 1. The Morgan fingerprint density at radius 1 is 0.632 bits per heavy atom. The Hall–Kier alpha value is -2.36. The van der Waals surface area contributed by atoms with E-state index in [0.717, 1.165) is 11.4 Å². The van der Waals surface area contributed by atoms with Crippen LogP contribution in [-0.2, 0) is 0 Å². The van der Waals surface area contributed by atoms with Gasteiger partial charge in [-0.3, -0.25) is 11.7 Å². The molecular formula is C16H17N3. The molecule has 3 rings (SSSR count). The Bertz CT molecular complexity index is 630. The Morgan fingerprint density at radius 3 is 2.05 bits per heavy atom. The highest BCUT2D eigenvalue weighted by atomic mass is 15.0. The number of nitrogens with one attached hydrogen (secondary N) is 1. The van der Waals surface area contributed by atoms with Gasteiger partial charge in [0.15, 0.2) is 0 Å². The Kier molecular flexibility index (Phi) is 4.50. The Morgan fingerprint density at radius 2 is 1.26 bits per heavy atom.